The summed E-state index contributed by atoms with van der Waals surface area (Å²) in [6.45, 7) is 8.22. The lowest BCUT2D eigenvalue weighted by Crippen LogP contribution is -2.29. The third kappa shape index (κ3) is 6.31. The Morgan fingerprint density at radius 2 is 1.60 bits per heavy atom. The van der Waals surface area contributed by atoms with Crippen LogP contribution in [0.2, 0.25) is 0 Å². The predicted molar refractivity (Wildman–Crippen MR) is 160 cm³/mol. The van der Waals surface area contributed by atoms with Crippen LogP contribution >= 0.6 is 0 Å². The van der Waals surface area contributed by atoms with E-state index in [4.69, 9.17) is 0 Å². The highest BCUT2D eigenvalue weighted by atomic mass is 32.2. The van der Waals surface area contributed by atoms with Crippen LogP contribution in [0.15, 0.2) is 71.7 Å². The van der Waals surface area contributed by atoms with E-state index in [2.05, 4.69) is 26.4 Å². The van der Waals surface area contributed by atoms with Gasteiger partial charge in [-0.05, 0) is 41.7 Å². The number of sulfonamides is 1. The van der Waals surface area contributed by atoms with Gasteiger partial charge < -0.3 is 14.2 Å². The summed E-state index contributed by atoms with van der Waals surface area (Å²) in [5, 5.41) is 11.0. The van der Waals surface area contributed by atoms with Gasteiger partial charge in [0.2, 0.25) is 15.6 Å². The number of imidazole rings is 1. The van der Waals surface area contributed by atoms with Gasteiger partial charge in [-0.2, -0.15) is 0 Å². The second-order valence-corrected chi connectivity index (χ2v) is 12.9. The fraction of sp³-hybridized carbons (Fsp3) is 0.355. The number of hydrogen-bond acceptors (Lipinski definition) is 5. The lowest BCUT2D eigenvalue weighted by Gasteiger charge is -2.23. The van der Waals surface area contributed by atoms with E-state index >= 15 is 0 Å². The molecule has 0 atom stereocenters. The minimum atomic E-state index is -3.69. The molecule has 212 valence electrons. The fourth-order valence-electron chi connectivity index (χ4n) is 4.83. The van der Waals surface area contributed by atoms with Gasteiger partial charge in [-0.3, -0.25) is 14.5 Å². The number of aromatic nitrogens is 2. The first kappa shape index (κ1) is 29.1. The largest absolute Gasteiger partial charge is 0.505 e. The van der Waals surface area contributed by atoms with Gasteiger partial charge in [0, 0.05) is 18.2 Å². The van der Waals surface area contributed by atoms with Crippen LogP contribution in [0.1, 0.15) is 62.0 Å². The molecule has 0 aliphatic carbocycles. The third-order valence-corrected chi connectivity index (χ3v) is 8.26. The van der Waals surface area contributed by atoms with Gasteiger partial charge in [0.15, 0.2) is 5.78 Å². The topological polar surface area (TPSA) is 106 Å². The first-order valence-corrected chi connectivity index (χ1v) is 15.2. The molecule has 0 saturated heterocycles. The zero-order chi connectivity index (χ0) is 29.1. The number of rotatable bonds is 10. The molecule has 4 rings (SSSR count). The van der Waals surface area contributed by atoms with Crippen molar-refractivity contribution in [1.82, 2.24) is 9.13 Å². The van der Waals surface area contributed by atoms with E-state index in [1.165, 1.54) is 6.07 Å². The molecule has 0 aliphatic rings. The number of para-hydroxylation sites is 2. The first-order valence-electron chi connectivity index (χ1n) is 13.5. The van der Waals surface area contributed by atoms with Gasteiger partial charge in [-0.25, -0.2) is 8.42 Å². The van der Waals surface area contributed by atoms with E-state index in [9.17, 15) is 18.3 Å². The van der Waals surface area contributed by atoms with Gasteiger partial charge in [0.05, 0.1) is 35.6 Å². The molecule has 3 aromatic carbocycles. The number of nitrogens with one attached hydrogen (secondary N) is 1. The number of carbonyl (C=O) groups excluding carboxylic acids is 1. The Kier molecular flexibility index (Phi) is 8.54. The van der Waals surface area contributed by atoms with E-state index in [-0.39, 0.29) is 29.5 Å². The highest BCUT2D eigenvalue weighted by Crippen LogP contribution is 2.38. The number of benzene rings is 3. The van der Waals surface area contributed by atoms with Crippen LogP contribution in [0.5, 0.6) is 5.75 Å². The van der Waals surface area contributed by atoms with Crippen molar-refractivity contribution in [3.05, 3.63) is 89.0 Å². The second kappa shape index (κ2) is 11.7. The number of Topliss-reactive ketones (excluding diaryl/α,β-unsaturated/α-hetero) is 1. The van der Waals surface area contributed by atoms with Gasteiger partial charge in [0.25, 0.3) is 0 Å². The molecule has 40 heavy (non-hydrogen) atoms. The normalized spacial score (nSPS) is 12.7. The van der Waals surface area contributed by atoms with Crippen LogP contribution in [0.3, 0.4) is 0 Å². The van der Waals surface area contributed by atoms with Crippen molar-refractivity contribution in [2.45, 2.75) is 59.0 Å². The number of ketones is 1. The summed E-state index contributed by atoms with van der Waals surface area (Å²) in [6.07, 6.45) is 1.21. The summed E-state index contributed by atoms with van der Waals surface area (Å²) >= 11 is 0. The Labute approximate surface area is 236 Å². The molecule has 0 saturated carbocycles. The molecule has 8 nitrogen and oxygen atoms in total. The Bertz CT molecular complexity index is 1700. The van der Waals surface area contributed by atoms with Crippen molar-refractivity contribution in [3.63, 3.8) is 0 Å². The number of unbranched alkanes of at least 4 members (excludes halogenated alkanes) is 1. The van der Waals surface area contributed by atoms with Crippen LogP contribution < -0.4 is 10.3 Å². The highest BCUT2D eigenvalue weighted by molar-refractivity contribution is 7.92. The van der Waals surface area contributed by atoms with E-state index in [1.807, 2.05) is 74.7 Å². The van der Waals surface area contributed by atoms with Gasteiger partial charge in [-0.1, -0.05) is 76.6 Å². The number of fused-ring (bicyclic) bond motifs is 1. The van der Waals surface area contributed by atoms with Crippen LogP contribution in [0.4, 0.5) is 5.69 Å². The van der Waals surface area contributed by atoms with Crippen molar-refractivity contribution in [2.75, 3.05) is 17.5 Å². The number of phenols is 1. The zero-order valence-electron chi connectivity index (χ0n) is 23.8. The molecule has 1 aromatic heterocycles. The van der Waals surface area contributed by atoms with Crippen molar-refractivity contribution in [1.29, 1.82) is 0 Å². The molecule has 0 aliphatic heterocycles. The first-order chi connectivity index (χ1) is 18.9. The smallest absolute Gasteiger partial charge is 0.232 e. The maximum absolute atomic E-state index is 13.8. The fourth-order valence-corrected chi connectivity index (χ4v) is 6.10. The van der Waals surface area contributed by atoms with E-state index in [0.717, 1.165) is 23.0 Å². The Balaban J connectivity index is 1.79. The maximum Gasteiger partial charge on any atom is 0.232 e. The molecule has 0 spiro atoms. The van der Waals surface area contributed by atoms with E-state index < -0.39 is 15.4 Å². The molecular formula is C31H38N4O4S. The SMILES string of the molecule is CCCCS(=O)(=O)Nc1cc(C(=O)Cn2c(=NC)n(Cc3ccccc3)c3ccccc32)cc(C(C)(C)C)c1O. The van der Waals surface area contributed by atoms with Gasteiger partial charge in [0.1, 0.15) is 5.75 Å². The number of anilines is 1. The number of aromatic hydroxyl groups is 1. The van der Waals surface area contributed by atoms with Crippen molar-refractivity contribution in [3.8, 4) is 5.75 Å². The number of phenolic OH excluding ortho intramolecular Hbond substituents is 1. The molecule has 9 heteroatoms. The zero-order valence-corrected chi connectivity index (χ0v) is 24.6. The lowest BCUT2D eigenvalue weighted by atomic mass is 9.84. The number of carbonyl (C=O) groups is 1. The molecule has 4 aromatic rings. The summed E-state index contributed by atoms with van der Waals surface area (Å²) in [5.74, 6) is -0.457. The minimum absolute atomic E-state index is 0.00857. The molecular weight excluding hydrogens is 524 g/mol. The minimum Gasteiger partial charge on any atom is -0.505 e. The average molecular weight is 563 g/mol. The molecule has 2 N–H and O–H groups in total. The third-order valence-electron chi connectivity index (χ3n) is 6.90. The molecule has 0 amide bonds. The van der Waals surface area contributed by atoms with E-state index in [0.29, 0.717) is 29.7 Å². The second-order valence-electron chi connectivity index (χ2n) is 11.0. The van der Waals surface area contributed by atoms with Gasteiger partial charge in [-0.15, -0.1) is 0 Å². The molecule has 0 bridgehead atoms. The number of nitrogens with zero attached hydrogens (tertiary/aromatic N) is 3. The summed E-state index contributed by atoms with van der Waals surface area (Å²) in [4.78, 5) is 18.4. The summed E-state index contributed by atoms with van der Waals surface area (Å²) in [7, 11) is -1.99. The quantitative estimate of drug-likeness (QED) is 0.198. The summed E-state index contributed by atoms with van der Waals surface area (Å²) in [6, 6.07) is 21.0. The maximum atomic E-state index is 13.8. The van der Waals surface area contributed by atoms with Crippen LogP contribution in [-0.4, -0.2) is 41.2 Å². The number of hydrogen-bond donors (Lipinski definition) is 2. The monoisotopic (exact) mass is 562 g/mol. The summed E-state index contributed by atoms with van der Waals surface area (Å²) < 4.78 is 31.9. The van der Waals surface area contributed by atoms with Crippen molar-refractivity contribution < 1.29 is 18.3 Å². The standard InChI is InChI=1S/C31H38N4O4S/c1-6-7-17-40(38,39)33-25-19-23(18-24(29(25)37)31(2,3)4)28(36)21-35-27-16-12-11-15-26(27)34(30(35)32-5)20-22-13-9-8-10-14-22/h8-16,18-19,33,37H,6-7,17,20-21H2,1-5H3. The van der Waals surface area contributed by atoms with E-state index in [1.54, 1.807) is 13.1 Å². The molecule has 0 radical (unpaired) electrons. The van der Waals surface area contributed by atoms with Crippen molar-refractivity contribution in [2.24, 2.45) is 4.99 Å². The lowest BCUT2D eigenvalue weighted by molar-refractivity contribution is 0.0971. The summed E-state index contributed by atoms with van der Waals surface area (Å²) in [5.41, 5.74) is 3.85. The Hall–Kier alpha value is -3.85. The van der Waals surface area contributed by atoms with Crippen molar-refractivity contribution >= 4 is 32.5 Å². The van der Waals surface area contributed by atoms with Gasteiger partial charge >= 0.3 is 0 Å². The molecule has 0 fully saturated rings. The predicted octanol–water partition coefficient (Wildman–Crippen LogP) is 5.45. The highest BCUT2D eigenvalue weighted by Gasteiger charge is 2.25. The van der Waals surface area contributed by atoms with Crippen LogP contribution in [-0.2, 0) is 28.5 Å². The van der Waals surface area contributed by atoms with Crippen LogP contribution in [0, 0.1) is 0 Å². The average Bonchev–Trinajstić information content (AvgIpc) is 3.20. The Morgan fingerprint density at radius 3 is 2.20 bits per heavy atom. The molecule has 1 heterocycles. The molecule has 0 unspecified atom stereocenters. The Morgan fingerprint density at radius 1 is 0.975 bits per heavy atom. The van der Waals surface area contributed by atoms with Crippen LogP contribution in [0.25, 0.3) is 11.0 Å².